The van der Waals surface area contributed by atoms with Crippen LogP contribution in [0.15, 0.2) is 53.7 Å². The Labute approximate surface area is 139 Å². The molecule has 1 atom stereocenters. The quantitative estimate of drug-likeness (QED) is 0.918. The summed E-state index contributed by atoms with van der Waals surface area (Å²) in [4.78, 5) is 17.4. The van der Waals surface area contributed by atoms with Gasteiger partial charge in [0.1, 0.15) is 11.6 Å². The summed E-state index contributed by atoms with van der Waals surface area (Å²) in [5, 5.41) is 6.71. The van der Waals surface area contributed by atoms with Crippen molar-refractivity contribution in [3.63, 3.8) is 0 Å². The van der Waals surface area contributed by atoms with Gasteiger partial charge in [0.15, 0.2) is 0 Å². The molecule has 0 saturated heterocycles. The van der Waals surface area contributed by atoms with Gasteiger partial charge in [-0.25, -0.2) is 4.39 Å². The van der Waals surface area contributed by atoms with Gasteiger partial charge >= 0.3 is 0 Å². The van der Waals surface area contributed by atoms with E-state index in [0.717, 1.165) is 11.3 Å². The highest BCUT2D eigenvalue weighted by Crippen LogP contribution is 2.18. The third kappa shape index (κ3) is 3.71. The van der Waals surface area contributed by atoms with Crippen LogP contribution in [0.3, 0.4) is 0 Å². The van der Waals surface area contributed by atoms with Gasteiger partial charge in [-0.1, -0.05) is 29.4 Å². The van der Waals surface area contributed by atoms with Crippen molar-refractivity contribution in [3.05, 3.63) is 65.5 Å². The Morgan fingerprint density at radius 2 is 2.12 bits per heavy atom. The maximum absolute atomic E-state index is 13.3. The zero-order chi connectivity index (χ0) is 16.9. The van der Waals surface area contributed by atoms with Crippen molar-refractivity contribution >= 4 is 11.6 Å². The van der Waals surface area contributed by atoms with E-state index >= 15 is 0 Å². The zero-order valence-electron chi connectivity index (χ0n) is 13.2. The minimum absolute atomic E-state index is 0.249. The summed E-state index contributed by atoms with van der Waals surface area (Å²) in [5.41, 5.74) is 2.15. The standard InChI is InChI=1S/C18H17FN2O3/c1-23-15-7-5-12(6-8-15)11-20-18(22)17-10-16(21-24-17)13-3-2-4-14(19)9-13/h2-9,17H,10-11H2,1H3,(H,20,22). The lowest BCUT2D eigenvalue weighted by molar-refractivity contribution is -0.131. The lowest BCUT2D eigenvalue weighted by Gasteiger charge is -2.10. The number of nitrogens with zero attached hydrogens (tertiary/aromatic N) is 1. The van der Waals surface area contributed by atoms with Crippen molar-refractivity contribution in [2.24, 2.45) is 5.16 Å². The van der Waals surface area contributed by atoms with E-state index in [9.17, 15) is 9.18 Å². The first-order valence-electron chi connectivity index (χ1n) is 7.55. The molecule has 0 aliphatic carbocycles. The van der Waals surface area contributed by atoms with Crippen LogP contribution in [-0.2, 0) is 16.2 Å². The Hall–Kier alpha value is -2.89. The molecule has 2 aromatic carbocycles. The van der Waals surface area contributed by atoms with E-state index in [1.54, 1.807) is 19.2 Å². The number of halogens is 1. The van der Waals surface area contributed by atoms with Crippen LogP contribution < -0.4 is 10.1 Å². The second-order valence-corrected chi connectivity index (χ2v) is 5.41. The number of benzene rings is 2. The zero-order valence-corrected chi connectivity index (χ0v) is 13.2. The fraction of sp³-hybridized carbons (Fsp3) is 0.222. The molecule has 1 amide bonds. The van der Waals surface area contributed by atoms with Crippen LogP contribution in [0.4, 0.5) is 4.39 Å². The average Bonchev–Trinajstić information content (AvgIpc) is 3.10. The molecule has 1 aliphatic rings. The van der Waals surface area contributed by atoms with Gasteiger partial charge in [-0.05, 0) is 29.8 Å². The van der Waals surface area contributed by atoms with Crippen molar-refractivity contribution in [1.29, 1.82) is 0 Å². The summed E-state index contributed by atoms with van der Waals surface area (Å²) in [5.74, 6) is 0.168. The second-order valence-electron chi connectivity index (χ2n) is 5.41. The van der Waals surface area contributed by atoms with Crippen LogP contribution >= 0.6 is 0 Å². The van der Waals surface area contributed by atoms with Gasteiger partial charge in [0.05, 0.1) is 12.8 Å². The molecular weight excluding hydrogens is 311 g/mol. The number of rotatable bonds is 5. The molecule has 0 radical (unpaired) electrons. The molecule has 0 aromatic heterocycles. The molecule has 0 spiro atoms. The van der Waals surface area contributed by atoms with Crippen LogP contribution in [0.25, 0.3) is 0 Å². The van der Waals surface area contributed by atoms with Crippen molar-refractivity contribution < 1.29 is 18.8 Å². The van der Waals surface area contributed by atoms with E-state index in [1.807, 2.05) is 24.3 Å². The number of hydrogen-bond donors (Lipinski definition) is 1. The molecule has 0 saturated carbocycles. The number of oxime groups is 1. The Morgan fingerprint density at radius 3 is 2.83 bits per heavy atom. The number of methoxy groups -OCH3 is 1. The van der Waals surface area contributed by atoms with E-state index in [4.69, 9.17) is 9.57 Å². The van der Waals surface area contributed by atoms with E-state index in [2.05, 4.69) is 10.5 Å². The SMILES string of the molecule is COc1ccc(CNC(=O)C2CC(c3cccc(F)c3)=NO2)cc1. The summed E-state index contributed by atoms with van der Waals surface area (Å²) in [6.07, 6.45) is -0.376. The number of nitrogens with one attached hydrogen (secondary N) is 1. The predicted octanol–water partition coefficient (Wildman–Crippen LogP) is 2.64. The van der Waals surface area contributed by atoms with Gasteiger partial charge in [-0.15, -0.1) is 0 Å². The Bertz CT molecular complexity index is 759. The van der Waals surface area contributed by atoms with E-state index in [0.29, 0.717) is 24.2 Å². The number of hydrogen-bond acceptors (Lipinski definition) is 4. The maximum Gasteiger partial charge on any atom is 0.264 e. The highest BCUT2D eigenvalue weighted by Gasteiger charge is 2.28. The summed E-state index contributed by atoms with van der Waals surface area (Å²) < 4.78 is 18.3. The van der Waals surface area contributed by atoms with Crippen molar-refractivity contribution in [2.45, 2.75) is 19.1 Å². The summed E-state index contributed by atoms with van der Waals surface area (Å²) in [6.45, 7) is 0.387. The largest absolute Gasteiger partial charge is 0.497 e. The first kappa shape index (κ1) is 16.0. The third-order valence-corrected chi connectivity index (χ3v) is 3.74. The molecule has 0 fully saturated rings. The molecule has 6 heteroatoms. The van der Waals surface area contributed by atoms with E-state index in [1.165, 1.54) is 12.1 Å². The van der Waals surface area contributed by atoms with Gasteiger partial charge in [-0.3, -0.25) is 4.79 Å². The molecule has 1 aliphatic heterocycles. The summed E-state index contributed by atoms with van der Waals surface area (Å²) in [7, 11) is 1.60. The van der Waals surface area contributed by atoms with E-state index in [-0.39, 0.29) is 11.7 Å². The number of carbonyl (C=O) groups is 1. The van der Waals surface area contributed by atoms with Crippen LogP contribution in [0.1, 0.15) is 17.5 Å². The molecule has 24 heavy (non-hydrogen) atoms. The molecule has 1 N–H and O–H groups in total. The normalized spacial score (nSPS) is 16.2. The lowest BCUT2D eigenvalue weighted by atomic mass is 10.0. The van der Waals surface area contributed by atoms with Crippen LogP contribution in [0.2, 0.25) is 0 Å². The van der Waals surface area contributed by atoms with Gasteiger partial charge in [0, 0.05) is 18.5 Å². The molecule has 0 bridgehead atoms. The molecule has 1 heterocycles. The van der Waals surface area contributed by atoms with Crippen molar-refractivity contribution in [1.82, 2.24) is 5.32 Å². The average molecular weight is 328 g/mol. The topological polar surface area (TPSA) is 59.9 Å². The lowest BCUT2D eigenvalue weighted by Crippen LogP contribution is -2.34. The third-order valence-electron chi connectivity index (χ3n) is 3.74. The summed E-state index contributed by atoms with van der Waals surface area (Å²) in [6, 6.07) is 13.5. The Balaban J connectivity index is 1.53. The number of ether oxygens (including phenoxy) is 1. The van der Waals surface area contributed by atoms with Gasteiger partial charge < -0.3 is 14.9 Å². The molecule has 1 unspecified atom stereocenters. The van der Waals surface area contributed by atoms with Gasteiger partial charge in [0.2, 0.25) is 6.10 Å². The highest BCUT2D eigenvalue weighted by atomic mass is 19.1. The van der Waals surface area contributed by atoms with Crippen LogP contribution in [0.5, 0.6) is 5.75 Å². The smallest absolute Gasteiger partial charge is 0.264 e. The minimum atomic E-state index is -0.693. The molecule has 3 rings (SSSR count). The fourth-order valence-electron chi connectivity index (χ4n) is 2.40. The fourth-order valence-corrected chi connectivity index (χ4v) is 2.40. The second kappa shape index (κ2) is 7.12. The van der Waals surface area contributed by atoms with Gasteiger partial charge in [0.25, 0.3) is 5.91 Å². The molecule has 124 valence electrons. The maximum atomic E-state index is 13.3. The first-order valence-corrected chi connectivity index (χ1v) is 7.55. The molecule has 2 aromatic rings. The van der Waals surface area contributed by atoms with Crippen LogP contribution in [0, 0.1) is 5.82 Å². The summed E-state index contributed by atoms with van der Waals surface area (Å²) >= 11 is 0. The number of amides is 1. The number of carbonyl (C=O) groups excluding carboxylic acids is 1. The molecule has 5 nitrogen and oxygen atoms in total. The molecular formula is C18H17FN2O3. The predicted molar refractivity (Wildman–Crippen MR) is 87.3 cm³/mol. The van der Waals surface area contributed by atoms with Crippen molar-refractivity contribution in [3.8, 4) is 5.75 Å². The van der Waals surface area contributed by atoms with Crippen molar-refractivity contribution in [2.75, 3.05) is 7.11 Å². The first-order chi connectivity index (χ1) is 11.7. The minimum Gasteiger partial charge on any atom is -0.497 e. The van der Waals surface area contributed by atoms with Crippen LogP contribution in [-0.4, -0.2) is 24.8 Å². The van der Waals surface area contributed by atoms with E-state index < -0.39 is 6.10 Å². The Kier molecular flexibility index (Phi) is 4.74. The monoisotopic (exact) mass is 328 g/mol. The highest BCUT2D eigenvalue weighted by molar-refractivity contribution is 6.04. The van der Waals surface area contributed by atoms with Gasteiger partial charge in [-0.2, -0.15) is 0 Å². The Morgan fingerprint density at radius 1 is 1.33 bits per heavy atom.